The van der Waals surface area contributed by atoms with Gasteiger partial charge >= 0.3 is 0 Å². The van der Waals surface area contributed by atoms with Crippen molar-refractivity contribution in [1.82, 2.24) is 0 Å². The maximum atomic E-state index is 12.3. The van der Waals surface area contributed by atoms with E-state index in [0.717, 1.165) is 12.0 Å². The molecule has 0 saturated heterocycles. The summed E-state index contributed by atoms with van der Waals surface area (Å²) in [6.45, 7) is 11.3. The number of nitrogens with two attached hydrogens (primary N) is 1. The molecule has 5 heteroatoms. The normalized spacial score (nSPS) is 11.8. The summed E-state index contributed by atoms with van der Waals surface area (Å²) >= 11 is 0. The standard InChI is InChI=1S/C22H28N2O3/c1-14(2)21(23)16(4)8-6-7-15(3)19(25)11-9-17-10-12-20(27-5)18(13-17)22(24)26/h9-13,15,23H,1,4,6-8H2,2-3,5H3,(H2,24,26). The Bertz CT molecular complexity index is 791. The summed E-state index contributed by atoms with van der Waals surface area (Å²) in [4.78, 5) is 23.8. The summed E-state index contributed by atoms with van der Waals surface area (Å²) in [5, 5.41) is 7.84. The van der Waals surface area contributed by atoms with Gasteiger partial charge in [0, 0.05) is 5.92 Å². The van der Waals surface area contributed by atoms with Gasteiger partial charge in [0.25, 0.3) is 5.91 Å². The molecule has 1 aromatic rings. The zero-order valence-corrected chi connectivity index (χ0v) is 16.3. The smallest absolute Gasteiger partial charge is 0.252 e. The van der Waals surface area contributed by atoms with Crippen molar-refractivity contribution in [3.8, 4) is 5.75 Å². The summed E-state index contributed by atoms with van der Waals surface area (Å²) < 4.78 is 5.10. The molecule has 0 fully saturated rings. The number of methoxy groups -OCH3 is 1. The molecular weight excluding hydrogens is 340 g/mol. The average molecular weight is 368 g/mol. The molecule has 0 radical (unpaired) electrons. The summed E-state index contributed by atoms with van der Waals surface area (Å²) in [6, 6.07) is 5.01. The van der Waals surface area contributed by atoms with Crippen LogP contribution in [-0.4, -0.2) is 24.5 Å². The van der Waals surface area contributed by atoms with Crippen molar-refractivity contribution in [3.63, 3.8) is 0 Å². The van der Waals surface area contributed by atoms with Crippen LogP contribution in [0.5, 0.6) is 5.75 Å². The third-order valence-corrected chi connectivity index (χ3v) is 4.31. The Morgan fingerprint density at radius 1 is 1.33 bits per heavy atom. The molecule has 1 amide bonds. The van der Waals surface area contributed by atoms with E-state index < -0.39 is 5.91 Å². The number of ketones is 1. The fraction of sp³-hybridized carbons (Fsp3) is 0.318. The predicted molar refractivity (Wildman–Crippen MR) is 110 cm³/mol. The average Bonchev–Trinajstić information content (AvgIpc) is 2.64. The summed E-state index contributed by atoms with van der Waals surface area (Å²) in [6.07, 6.45) is 5.35. The number of ether oxygens (including phenoxy) is 1. The molecule has 144 valence electrons. The molecule has 0 aliphatic carbocycles. The highest BCUT2D eigenvalue weighted by atomic mass is 16.5. The fourth-order valence-corrected chi connectivity index (χ4v) is 2.56. The van der Waals surface area contributed by atoms with Gasteiger partial charge in [-0.2, -0.15) is 0 Å². The van der Waals surface area contributed by atoms with Gasteiger partial charge in [-0.3, -0.25) is 9.59 Å². The number of hydrogen-bond acceptors (Lipinski definition) is 4. The maximum Gasteiger partial charge on any atom is 0.252 e. The highest BCUT2D eigenvalue weighted by Crippen LogP contribution is 2.21. The van der Waals surface area contributed by atoms with Gasteiger partial charge in [0.15, 0.2) is 5.78 Å². The van der Waals surface area contributed by atoms with Gasteiger partial charge in [-0.1, -0.05) is 32.2 Å². The lowest BCUT2D eigenvalue weighted by Gasteiger charge is -2.10. The van der Waals surface area contributed by atoms with Crippen molar-refractivity contribution < 1.29 is 14.3 Å². The lowest BCUT2D eigenvalue weighted by molar-refractivity contribution is -0.117. The molecule has 1 atom stereocenters. The second-order valence-electron chi connectivity index (χ2n) is 6.61. The number of primary amides is 1. The first kappa shape index (κ1) is 22.1. The van der Waals surface area contributed by atoms with E-state index in [2.05, 4.69) is 13.2 Å². The van der Waals surface area contributed by atoms with Crippen LogP contribution in [-0.2, 0) is 4.79 Å². The molecule has 5 nitrogen and oxygen atoms in total. The number of rotatable bonds is 11. The van der Waals surface area contributed by atoms with Crippen molar-refractivity contribution in [2.24, 2.45) is 11.7 Å². The van der Waals surface area contributed by atoms with Gasteiger partial charge in [-0.15, -0.1) is 0 Å². The van der Waals surface area contributed by atoms with E-state index in [9.17, 15) is 9.59 Å². The number of carbonyl (C=O) groups is 2. The molecular formula is C22H28N2O3. The molecule has 1 aromatic carbocycles. The topological polar surface area (TPSA) is 93.2 Å². The van der Waals surface area contributed by atoms with Gasteiger partial charge < -0.3 is 15.9 Å². The van der Waals surface area contributed by atoms with Gasteiger partial charge in [0.05, 0.1) is 18.4 Å². The van der Waals surface area contributed by atoms with Crippen LogP contribution in [0.1, 0.15) is 49.0 Å². The van der Waals surface area contributed by atoms with E-state index in [1.54, 1.807) is 31.2 Å². The maximum absolute atomic E-state index is 12.3. The molecule has 0 aliphatic heterocycles. The molecule has 1 rings (SSSR count). The van der Waals surface area contributed by atoms with Gasteiger partial charge in [-0.25, -0.2) is 0 Å². The number of hydrogen-bond donors (Lipinski definition) is 2. The Balaban J connectivity index is 2.63. The lowest BCUT2D eigenvalue weighted by Crippen LogP contribution is -2.12. The minimum atomic E-state index is -0.581. The molecule has 0 aromatic heterocycles. The molecule has 0 spiro atoms. The first-order valence-corrected chi connectivity index (χ1v) is 8.79. The van der Waals surface area contributed by atoms with Crippen LogP contribution in [0.4, 0.5) is 0 Å². The van der Waals surface area contributed by atoms with Crippen LogP contribution in [0.15, 0.2) is 48.6 Å². The number of carbonyl (C=O) groups excluding carboxylic acids is 2. The van der Waals surface area contributed by atoms with E-state index in [4.69, 9.17) is 15.9 Å². The summed E-state index contributed by atoms with van der Waals surface area (Å²) in [5.41, 5.74) is 8.15. The summed E-state index contributed by atoms with van der Waals surface area (Å²) in [5.74, 6) is -0.309. The van der Waals surface area contributed by atoms with Crippen molar-refractivity contribution in [1.29, 1.82) is 5.41 Å². The van der Waals surface area contributed by atoms with Crippen LogP contribution in [0.25, 0.3) is 6.08 Å². The van der Waals surface area contributed by atoms with Crippen molar-refractivity contribution in [2.75, 3.05) is 7.11 Å². The molecule has 3 N–H and O–H groups in total. The van der Waals surface area contributed by atoms with Gasteiger partial charge in [-0.05, 0) is 61.1 Å². The Labute approximate surface area is 161 Å². The second-order valence-corrected chi connectivity index (χ2v) is 6.61. The zero-order chi connectivity index (χ0) is 20.6. The third-order valence-electron chi connectivity index (χ3n) is 4.31. The van der Waals surface area contributed by atoms with E-state index in [-0.39, 0.29) is 17.3 Å². The van der Waals surface area contributed by atoms with Crippen LogP contribution in [0.2, 0.25) is 0 Å². The number of amides is 1. The minimum absolute atomic E-state index is 0.00651. The van der Waals surface area contributed by atoms with Gasteiger partial charge in [0.1, 0.15) is 5.75 Å². The number of benzene rings is 1. The van der Waals surface area contributed by atoms with Crippen LogP contribution in [0, 0.1) is 11.3 Å². The first-order valence-electron chi connectivity index (χ1n) is 8.79. The van der Waals surface area contributed by atoms with Gasteiger partial charge in [0.2, 0.25) is 0 Å². The monoisotopic (exact) mass is 368 g/mol. The van der Waals surface area contributed by atoms with Crippen LogP contribution < -0.4 is 10.5 Å². The molecule has 27 heavy (non-hydrogen) atoms. The Hall–Kier alpha value is -2.95. The molecule has 0 heterocycles. The van der Waals surface area contributed by atoms with E-state index in [0.29, 0.717) is 35.4 Å². The third kappa shape index (κ3) is 6.70. The Kier molecular flexibility index (Phi) is 8.39. The number of nitrogens with one attached hydrogen (secondary N) is 1. The van der Waals surface area contributed by atoms with E-state index in [1.807, 2.05) is 6.92 Å². The van der Waals surface area contributed by atoms with Crippen molar-refractivity contribution >= 4 is 23.5 Å². The van der Waals surface area contributed by atoms with Crippen molar-refractivity contribution in [2.45, 2.75) is 33.1 Å². The minimum Gasteiger partial charge on any atom is -0.496 e. The molecule has 0 aliphatic rings. The predicted octanol–water partition coefficient (Wildman–Crippen LogP) is 4.33. The first-order chi connectivity index (χ1) is 12.7. The van der Waals surface area contributed by atoms with Crippen LogP contribution in [0.3, 0.4) is 0 Å². The SMILES string of the molecule is C=C(C)C(=N)C(=C)CCCC(C)C(=O)C=Cc1ccc(OC)c(C(N)=O)c1. The quantitative estimate of drug-likeness (QED) is 0.449. The largest absolute Gasteiger partial charge is 0.496 e. The molecule has 1 unspecified atom stereocenters. The summed E-state index contributed by atoms with van der Waals surface area (Å²) in [7, 11) is 1.47. The molecule has 0 bridgehead atoms. The van der Waals surface area contributed by atoms with E-state index in [1.165, 1.54) is 13.2 Å². The number of allylic oxidation sites excluding steroid dienone is 3. The molecule has 0 saturated carbocycles. The van der Waals surface area contributed by atoms with Crippen molar-refractivity contribution in [3.05, 3.63) is 59.7 Å². The van der Waals surface area contributed by atoms with E-state index >= 15 is 0 Å². The second kappa shape index (κ2) is 10.3. The highest BCUT2D eigenvalue weighted by molar-refractivity contribution is 6.09. The zero-order valence-electron chi connectivity index (χ0n) is 16.3. The Morgan fingerprint density at radius 3 is 2.56 bits per heavy atom. The van der Waals surface area contributed by atoms with Crippen LogP contribution >= 0.6 is 0 Å². The highest BCUT2D eigenvalue weighted by Gasteiger charge is 2.12. The fourth-order valence-electron chi connectivity index (χ4n) is 2.56. The lowest BCUT2D eigenvalue weighted by atomic mass is 9.95. The Morgan fingerprint density at radius 2 is 2.00 bits per heavy atom.